The number of nitrogen functional groups attached to an aromatic ring is 1. The molecule has 0 aliphatic rings. The van der Waals surface area contributed by atoms with E-state index in [1.807, 2.05) is 0 Å². The fourth-order valence-corrected chi connectivity index (χ4v) is 2.08. The van der Waals surface area contributed by atoms with Gasteiger partial charge in [0.1, 0.15) is 18.0 Å². The van der Waals surface area contributed by atoms with Crippen LogP contribution in [0, 0.1) is 5.41 Å². The second kappa shape index (κ2) is 5.74. The third-order valence-electron chi connectivity index (χ3n) is 3.75. The summed E-state index contributed by atoms with van der Waals surface area (Å²) in [6, 6.07) is 0.352. The van der Waals surface area contributed by atoms with E-state index in [-0.39, 0.29) is 5.41 Å². The van der Waals surface area contributed by atoms with Gasteiger partial charge in [0.15, 0.2) is 0 Å². The summed E-state index contributed by atoms with van der Waals surface area (Å²) in [6.07, 6.45) is 1.56. The van der Waals surface area contributed by atoms with E-state index in [1.165, 1.54) is 0 Å². The van der Waals surface area contributed by atoms with Crippen LogP contribution in [-0.2, 0) is 0 Å². The third-order valence-corrected chi connectivity index (χ3v) is 3.75. The van der Waals surface area contributed by atoms with Crippen LogP contribution in [0.5, 0.6) is 0 Å². The van der Waals surface area contributed by atoms with Gasteiger partial charge in [0, 0.05) is 18.7 Å². The van der Waals surface area contributed by atoms with E-state index in [2.05, 4.69) is 68.9 Å². The molecule has 0 radical (unpaired) electrons. The molecule has 5 nitrogen and oxygen atoms in total. The maximum absolute atomic E-state index is 5.56. The Morgan fingerprint density at radius 1 is 1.21 bits per heavy atom. The first-order chi connectivity index (χ1) is 8.70. The second-order valence-electron chi connectivity index (χ2n) is 6.41. The van der Waals surface area contributed by atoms with Crippen molar-refractivity contribution in [3.05, 3.63) is 11.9 Å². The van der Waals surface area contributed by atoms with Gasteiger partial charge >= 0.3 is 0 Å². The molecule has 0 aliphatic carbocycles. The topological polar surface area (TPSA) is 67.1 Å². The summed E-state index contributed by atoms with van der Waals surface area (Å²) in [5, 5.41) is 0. The lowest BCUT2D eigenvalue weighted by molar-refractivity contribution is 0.328. The highest BCUT2D eigenvalue weighted by atomic mass is 15.3. The number of rotatable bonds is 4. The summed E-state index contributed by atoms with van der Waals surface area (Å²) >= 11 is 0. The van der Waals surface area contributed by atoms with Crippen LogP contribution in [-0.4, -0.2) is 23.1 Å². The van der Waals surface area contributed by atoms with Crippen molar-refractivity contribution in [2.24, 2.45) is 11.3 Å². The van der Waals surface area contributed by atoms with Crippen LogP contribution in [0.25, 0.3) is 0 Å². The maximum atomic E-state index is 5.56. The minimum atomic E-state index is 0.171. The molecule has 1 aromatic heterocycles. The summed E-state index contributed by atoms with van der Waals surface area (Å²) in [6.45, 7) is 13.1. The number of nitrogens with zero attached hydrogens (tertiary/aromatic N) is 3. The molecule has 1 heterocycles. The lowest BCUT2D eigenvalue weighted by Crippen LogP contribution is -2.40. The highest BCUT2D eigenvalue weighted by Gasteiger charge is 2.27. The smallest absolute Gasteiger partial charge is 0.148 e. The third kappa shape index (κ3) is 3.35. The van der Waals surface area contributed by atoms with Crippen molar-refractivity contribution in [1.82, 2.24) is 9.97 Å². The predicted molar refractivity (Wildman–Crippen MR) is 81.3 cm³/mol. The van der Waals surface area contributed by atoms with Gasteiger partial charge < -0.3 is 10.3 Å². The highest BCUT2D eigenvalue weighted by Crippen LogP contribution is 2.33. The van der Waals surface area contributed by atoms with Crippen LogP contribution in [0.3, 0.4) is 0 Å². The van der Waals surface area contributed by atoms with Crippen LogP contribution in [0.2, 0.25) is 0 Å². The van der Waals surface area contributed by atoms with Crippen molar-refractivity contribution in [1.29, 1.82) is 0 Å². The van der Waals surface area contributed by atoms with E-state index in [9.17, 15) is 0 Å². The molecule has 0 saturated carbocycles. The Morgan fingerprint density at radius 3 is 2.21 bits per heavy atom. The lowest BCUT2D eigenvalue weighted by atomic mass is 9.87. The van der Waals surface area contributed by atoms with Gasteiger partial charge in [0.05, 0.1) is 0 Å². The van der Waals surface area contributed by atoms with Crippen LogP contribution >= 0.6 is 0 Å². The molecule has 0 amide bonds. The Hall–Kier alpha value is -1.36. The van der Waals surface area contributed by atoms with E-state index in [0.717, 1.165) is 11.4 Å². The molecule has 0 aromatic carbocycles. The molecule has 19 heavy (non-hydrogen) atoms. The zero-order chi connectivity index (χ0) is 14.8. The van der Waals surface area contributed by atoms with Crippen molar-refractivity contribution in [3.8, 4) is 0 Å². The van der Waals surface area contributed by atoms with Crippen molar-refractivity contribution in [2.75, 3.05) is 17.4 Å². The molecule has 0 saturated heterocycles. The quantitative estimate of drug-likeness (QED) is 0.647. The van der Waals surface area contributed by atoms with Crippen LogP contribution in [0.1, 0.15) is 53.0 Å². The monoisotopic (exact) mass is 265 g/mol. The maximum Gasteiger partial charge on any atom is 0.148 e. The van der Waals surface area contributed by atoms with Crippen molar-refractivity contribution in [3.63, 3.8) is 0 Å². The fraction of sp³-hybridized carbons (Fsp3) is 0.714. The number of hydrogen-bond acceptors (Lipinski definition) is 5. The van der Waals surface area contributed by atoms with Gasteiger partial charge in [-0.1, -0.05) is 34.6 Å². The zero-order valence-corrected chi connectivity index (χ0v) is 13.2. The van der Waals surface area contributed by atoms with Crippen molar-refractivity contribution >= 4 is 11.6 Å². The van der Waals surface area contributed by atoms with Gasteiger partial charge in [-0.05, 0) is 18.3 Å². The number of anilines is 2. The van der Waals surface area contributed by atoms with Crippen LogP contribution in [0.15, 0.2) is 6.33 Å². The summed E-state index contributed by atoms with van der Waals surface area (Å²) in [4.78, 5) is 10.9. The van der Waals surface area contributed by atoms with Gasteiger partial charge in [-0.25, -0.2) is 15.8 Å². The van der Waals surface area contributed by atoms with E-state index >= 15 is 0 Å². The SMILES string of the molecule is CC(C)c1c(NN)ncnc1N(C)C(C)C(C)(C)C. The normalized spacial score (nSPS) is 13.5. The molecule has 5 heteroatoms. The Balaban J connectivity index is 3.27. The minimum Gasteiger partial charge on any atom is -0.356 e. The number of nitrogens with two attached hydrogens (primary N) is 1. The van der Waals surface area contributed by atoms with Crippen molar-refractivity contribution in [2.45, 2.75) is 53.5 Å². The summed E-state index contributed by atoms with van der Waals surface area (Å²) in [7, 11) is 2.07. The lowest BCUT2D eigenvalue weighted by Gasteiger charge is -2.37. The summed E-state index contributed by atoms with van der Waals surface area (Å²) < 4.78 is 0. The molecule has 108 valence electrons. The van der Waals surface area contributed by atoms with Gasteiger partial charge in [-0.2, -0.15) is 0 Å². The molecule has 0 spiro atoms. The first kappa shape index (κ1) is 15.7. The van der Waals surface area contributed by atoms with Gasteiger partial charge in [-0.15, -0.1) is 0 Å². The molecule has 1 unspecified atom stereocenters. The first-order valence-corrected chi connectivity index (χ1v) is 6.74. The largest absolute Gasteiger partial charge is 0.356 e. The van der Waals surface area contributed by atoms with Gasteiger partial charge in [0.2, 0.25) is 0 Å². The van der Waals surface area contributed by atoms with E-state index in [0.29, 0.717) is 17.8 Å². The Kier molecular flexibility index (Phi) is 4.74. The summed E-state index contributed by atoms with van der Waals surface area (Å²) in [5.74, 6) is 7.51. The average molecular weight is 265 g/mol. The molecule has 1 rings (SSSR count). The molecular weight excluding hydrogens is 238 g/mol. The fourth-order valence-electron chi connectivity index (χ4n) is 2.08. The summed E-state index contributed by atoms with van der Waals surface area (Å²) in [5.41, 5.74) is 3.90. The minimum absolute atomic E-state index is 0.171. The molecule has 1 atom stereocenters. The highest BCUT2D eigenvalue weighted by molar-refractivity contribution is 5.60. The van der Waals surface area contributed by atoms with Crippen LogP contribution in [0.4, 0.5) is 11.6 Å². The van der Waals surface area contributed by atoms with E-state index in [1.54, 1.807) is 6.33 Å². The molecular formula is C14H27N5. The Bertz CT molecular complexity index is 422. The molecule has 0 aliphatic heterocycles. The Morgan fingerprint density at radius 2 is 1.79 bits per heavy atom. The number of nitrogens with one attached hydrogen (secondary N) is 1. The molecule has 0 fully saturated rings. The Labute approximate surface area is 116 Å². The average Bonchev–Trinajstić information content (AvgIpc) is 2.34. The van der Waals surface area contributed by atoms with E-state index < -0.39 is 0 Å². The van der Waals surface area contributed by atoms with Crippen molar-refractivity contribution < 1.29 is 0 Å². The van der Waals surface area contributed by atoms with Crippen LogP contribution < -0.4 is 16.2 Å². The van der Waals surface area contributed by atoms with Gasteiger partial charge in [-0.3, -0.25) is 0 Å². The zero-order valence-electron chi connectivity index (χ0n) is 13.2. The molecule has 3 N–H and O–H groups in total. The predicted octanol–water partition coefficient (Wildman–Crippen LogP) is 2.76. The molecule has 1 aromatic rings. The number of hydrazine groups is 1. The van der Waals surface area contributed by atoms with E-state index in [4.69, 9.17) is 5.84 Å². The second-order valence-corrected chi connectivity index (χ2v) is 6.41. The number of aromatic nitrogens is 2. The molecule has 0 bridgehead atoms. The number of hydrogen-bond donors (Lipinski definition) is 2. The first-order valence-electron chi connectivity index (χ1n) is 6.74. The standard InChI is InChI=1S/C14H27N5/c1-9(2)11-12(18-15)16-8-17-13(11)19(7)10(3)14(4,5)6/h8-10H,15H2,1-7H3,(H,16,17,18). The van der Waals surface area contributed by atoms with Gasteiger partial charge in [0.25, 0.3) is 0 Å².